The van der Waals surface area contributed by atoms with Gasteiger partial charge in [-0.25, -0.2) is 9.78 Å². The number of aromatic nitrogens is 2. The number of nitrogens with zero attached hydrogens (tertiary/aromatic N) is 3. The second kappa shape index (κ2) is 5.66. The van der Waals surface area contributed by atoms with E-state index < -0.39 is 12.0 Å². The molecule has 0 aliphatic carbocycles. The predicted molar refractivity (Wildman–Crippen MR) is 65.8 cm³/mol. The van der Waals surface area contributed by atoms with Gasteiger partial charge in [0.05, 0.1) is 6.61 Å². The summed E-state index contributed by atoms with van der Waals surface area (Å²) in [6.45, 7) is 3.29. The molecular formula is C12H17N3O3. The van der Waals surface area contributed by atoms with Crippen molar-refractivity contribution in [3.63, 3.8) is 0 Å². The fourth-order valence-electron chi connectivity index (χ4n) is 2.02. The summed E-state index contributed by atoms with van der Waals surface area (Å²) >= 11 is 0. The minimum atomic E-state index is -0.823. The van der Waals surface area contributed by atoms with Crippen LogP contribution in [0.15, 0.2) is 12.3 Å². The van der Waals surface area contributed by atoms with Gasteiger partial charge in [0.2, 0.25) is 11.8 Å². The molecule has 1 aromatic heterocycles. The third-order valence-corrected chi connectivity index (χ3v) is 2.87. The number of carboxylic acid groups (broad SMARTS) is 1. The number of carboxylic acids is 1. The largest absolute Gasteiger partial charge is 0.480 e. The molecule has 2 heterocycles. The average Bonchev–Trinajstić information content (AvgIpc) is 2.86. The SMILES string of the molecule is CCCOc1ccnc(N2CCCC2C(=O)O)n1. The first-order chi connectivity index (χ1) is 8.72. The molecule has 6 heteroatoms. The van der Waals surface area contributed by atoms with Crippen molar-refractivity contribution in [2.24, 2.45) is 0 Å². The number of aliphatic carboxylic acids is 1. The summed E-state index contributed by atoms with van der Waals surface area (Å²) in [6, 6.07) is 1.16. The molecule has 0 amide bonds. The van der Waals surface area contributed by atoms with Crippen molar-refractivity contribution in [1.82, 2.24) is 9.97 Å². The fraction of sp³-hybridized carbons (Fsp3) is 0.583. The van der Waals surface area contributed by atoms with Gasteiger partial charge in [0.1, 0.15) is 6.04 Å². The first-order valence-corrected chi connectivity index (χ1v) is 6.17. The third kappa shape index (κ3) is 2.69. The molecule has 98 valence electrons. The number of ether oxygens (including phenoxy) is 1. The number of rotatable bonds is 5. The van der Waals surface area contributed by atoms with Gasteiger partial charge >= 0.3 is 5.97 Å². The lowest BCUT2D eigenvalue weighted by Gasteiger charge is -2.21. The molecule has 1 unspecified atom stereocenters. The Bertz CT molecular complexity index is 425. The van der Waals surface area contributed by atoms with Crippen LogP contribution in [0.5, 0.6) is 5.88 Å². The lowest BCUT2D eigenvalue weighted by atomic mass is 10.2. The zero-order valence-electron chi connectivity index (χ0n) is 10.4. The van der Waals surface area contributed by atoms with Crippen molar-refractivity contribution in [2.75, 3.05) is 18.1 Å². The van der Waals surface area contributed by atoms with E-state index in [2.05, 4.69) is 9.97 Å². The highest BCUT2D eigenvalue weighted by molar-refractivity contribution is 5.78. The van der Waals surface area contributed by atoms with Gasteiger partial charge in [-0.15, -0.1) is 0 Å². The number of anilines is 1. The van der Waals surface area contributed by atoms with Crippen molar-refractivity contribution in [3.05, 3.63) is 12.3 Å². The zero-order chi connectivity index (χ0) is 13.0. The van der Waals surface area contributed by atoms with E-state index in [1.165, 1.54) is 0 Å². The van der Waals surface area contributed by atoms with E-state index in [4.69, 9.17) is 9.84 Å². The van der Waals surface area contributed by atoms with Gasteiger partial charge in [0, 0.05) is 18.8 Å². The molecule has 0 bridgehead atoms. The van der Waals surface area contributed by atoms with Gasteiger partial charge in [-0.1, -0.05) is 6.92 Å². The van der Waals surface area contributed by atoms with E-state index in [0.717, 1.165) is 12.8 Å². The van der Waals surface area contributed by atoms with E-state index in [0.29, 0.717) is 31.4 Å². The Balaban J connectivity index is 2.14. The van der Waals surface area contributed by atoms with Gasteiger partial charge in [-0.3, -0.25) is 0 Å². The second-order valence-electron chi connectivity index (χ2n) is 4.23. The minimum Gasteiger partial charge on any atom is -0.480 e. The highest BCUT2D eigenvalue weighted by Crippen LogP contribution is 2.23. The van der Waals surface area contributed by atoms with Gasteiger partial charge in [0.25, 0.3) is 0 Å². The highest BCUT2D eigenvalue weighted by atomic mass is 16.5. The molecule has 1 N–H and O–H groups in total. The van der Waals surface area contributed by atoms with E-state index in [-0.39, 0.29) is 0 Å². The molecule has 1 saturated heterocycles. The lowest BCUT2D eigenvalue weighted by Crippen LogP contribution is -2.37. The maximum absolute atomic E-state index is 11.1. The average molecular weight is 251 g/mol. The molecule has 1 aliphatic heterocycles. The summed E-state index contributed by atoms with van der Waals surface area (Å²) in [6.07, 6.45) is 3.99. The monoisotopic (exact) mass is 251 g/mol. The van der Waals surface area contributed by atoms with Crippen LogP contribution < -0.4 is 9.64 Å². The molecule has 1 atom stereocenters. The fourth-order valence-corrected chi connectivity index (χ4v) is 2.02. The van der Waals surface area contributed by atoms with Crippen LogP contribution in [0.1, 0.15) is 26.2 Å². The Morgan fingerprint density at radius 2 is 2.50 bits per heavy atom. The summed E-state index contributed by atoms with van der Waals surface area (Å²) in [5, 5.41) is 9.13. The van der Waals surface area contributed by atoms with Crippen LogP contribution in [0.25, 0.3) is 0 Å². The Kier molecular flexibility index (Phi) is 3.96. The molecule has 1 fully saturated rings. The normalized spacial score (nSPS) is 18.9. The zero-order valence-corrected chi connectivity index (χ0v) is 10.4. The standard InChI is InChI=1S/C12H17N3O3/c1-2-8-18-10-5-6-13-12(14-10)15-7-3-4-9(15)11(16)17/h5-6,9H,2-4,7-8H2,1H3,(H,16,17). The quantitative estimate of drug-likeness (QED) is 0.850. The summed E-state index contributed by atoms with van der Waals surface area (Å²) in [4.78, 5) is 21.2. The van der Waals surface area contributed by atoms with Crippen LogP contribution in [0.2, 0.25) is 0 Å². The smallest absolute Gasteiger partial charge is 0.326 e. The summed E-state index contributed by atoms with van der Waals surface area (Å²) in [5.41, 5.74) is 0. The lowest BCUT2D eigenvalue weighted by molar-refractivity contribution is -0.138. The van der Waals surface area contributed by atoms with Crippen LogP contribution in [0.4, 0.5) is 5.95 Å². The molecule has 18 heavy (non-hydrogen) atoms. The Morgan fingerprint density at radius 1 is 1.67 bits per heavy atom. The first kappa shape index (κ1) is 12.6. The predicted octanol–water partition coefficient (Wildman–Crippen LogP) is 1.32. The molecule has 1 aromatic rings. The molecule has 6 nitrogen and oxygen atoms in total. The second-order valence-corrected chi connectivity index (χ2v) is 4.23. The Morgan fingerprint density at radius 3 is 3.22 bits per heavy atom. The van der Waals surface area contributed by atoms with Crippen LogP contribution in [0.3, 0.4) is 0 Å². The molecule has 0 radical (unpaired) electrons. The van der Waals surface area contributed by atoms with Crippen molar-refractivity contribution < 1.29 is 14.6 Å². The van der Waals surface area contributed by atoms with Crippen LogP contribution in [0, 0.1) is 0 Å². The molecule has 0 aromatic carbocycles. The number of carbonyl (C=O) groups is 1. The summed E-state index contributed by atoms with van der Waals surface area (Å²) < 4.78 is 5.43. The Hall–Kier alpha value is -1.85. The van der Waals surface area contributed by atoms with Gasteiger partial charge in [0.15, 0.2) is 0 Å². The van der Waals surface area contributed by atoms with Crippen molar-refractivity contribution in [2.45, 2.75) is 32.2 Å². The molecular weight excluding hydrogens is 234 g/mol. The molecule has 0 spiro atoms. The van der Waals surface area contributed by atoms with Crippen molar-refractivity contribution in [1.29, 1.82) is 0 Å². The van der Waals surface area contributed by atoms with E-state index in [9.17, 15) is 4.79 Å². The minimum absolute atomic E-state index is 0.438. The highest BCUT2D eigenvalue weighted by Gasteiger charge is 2.32. The summed E-state index contributed by atoms with van der Waals surface area (Å²) in [5.74, 6) is 0.113. The van der Waals surface area contributed by atoms with Gasteiger partial charge < -0.3 is 14.7 Å². The maximum Gasteiger partial charge on any atom is 0.326 e. The van der Waals surface area contributed by atoms with Crippen LogP contribution in [-0.2, 0) is 4.79 Å². The summed E-state index contributed by atoms with van der Waals surface area (Å²) in [7, 11) is 0. The van der Waals surface area contributed by atoms with Crippen LogP contribution >= 0.6 is 0 Å². The topological polar surface area (TPSA) is 75.5 Å². The molecule has 1 aliphatic rings. The van der Waals surface area contributed by atoms with E-state index in [1.807, 2.05) is 6.92 Å². The van der Waals surface area contributed by atoms with Crippen LogP contribution in [-0.4, -0.2) is 40.2 Å². The van der Waals surface area contributed by atoms with Gasteiger partial charge in [-0.2, -0.15) is 4.98 Å². The Labute approximate surface area is 106 Å². The van der Waals surface area contributed by atoms with E-state index >= 15 is 0 Å². The van der Waals surface area contributed by atoms with Crippen molar-refractivity contribution >= 4 is 11.9 Å². The van der Waals surface area contributed by atoms with Gasteiger partial charge in [-0.05, 0) is 19.3 Å². The molecule has 0 saturated carbocycles. The number of hydrogen-bond acceptors (Lipinski definition) is 5. The molecule has 2 rings (SSSR count). The number of hydrogen-bond donors (Lipinski definition) is 1. The van der Waals surface area contributed by atoms with E-state index in [1.54, 1.807) is 17.2 Å². The van der Waals surface area contributed by atoms with Crippen molar-refractivity contribution in [3.8, 4) is 5.88 Å². The third-order valence-electron chi connectivity index (χ3n) is 2.87. The maximum atomic E-state index is 11.1. The first-order valence-electron chi connectivity index (χ1n) is 6.17.